The van der Waals surface area contributed by atoms with Crippen molar-refractivity contribution in [1.82, 2.24) is 9.88 Å². The van der Waals surface area contributed by atoms with Gasteiger partial charge in [0.25, 0.3) is 0 Å². The van der Waals surface area contributed by atoms with E-state index < -0.39 is 11.5 Å². The van der Waals surface area contributed by atoms with Crippen molar-refractivity contribution in [3.8, 4) is 0 Å². The first-order chi connectivity index (χ1) is 10.0. The summed E-state index contributed by atoms with van der Waals surface area (Å²) < 4.78 is 0. The highest BCUT2D eigenvalue weighted by Gasteiger charge is 2.40. The Kier molecular flexibility index (Phi) is 4.77. The lowest BCUT2D eigenvalue weighted by atomic mass is 9.78. The lowest BCUT2D eigenvalue weighted by Crippen LogP contribution is -2.53. The molecule has 1 aromatic rings. The van der Waals surface area contributed by atoms with Gasteiger partial charge < -0.3 is 15.3 Å². The lowest BCUT2D eigenvalue weighted by molar-refractivity contribution is -0.140. The third-order valence-corrected chi connectivity index (χ3v) is 4.19. The zero-order chi connectivity index (χ0) is 15.3. The lowest BCUT2D eigenvalue weighted by Gasteiger charge is -2.43. The molecule has 1 heterocycles. The van der Waals surface area contributed by atoms with Crippen LogP contribution in [0.25, 0.3) is 0 Å². The molecule has 2 amide bonds. The van der Waals surface area contributed by atoms with Crippen molar-refractivity contribution in [2.75, 3.05) is 12.4 Å². The quantitative estimate of drug-likeness (QED) is 0.893. The normalized spacial score (nSPS) is 17.0. The molecule has 1 saturated carbocycles. The Morgan fingerprint density at radius 2 is 2.10 bits per heavy atom. The standard InChI is InChI=1S/C15H21N3O3/c1-18(14(21)17-12-6-5-9-16-11-12)15(10-13(19)20)7-3-2-4-8-15/h5-6,9,11H,2-4,7-8,10H2,1H3,(H,17,21)(H,19,20). The van der Waals surface area contributed by atoms with Gasteiger partial charge in [-0.3, -0.25) is 9.78 Å². The second-order valence-electron chi connectivity index (χ2n) is 5.59. The zero-order valence-electron chi connectivity index (χ0n) is 12.2. The maximum absolute atomic E-state index is 12.4. The Morgan fingerprint density at radius 1 is 1.38 bits per heavy atom. The number of carbonyl (C=O) groups excluding carboxylic acids is 1. The van der Waals surface area contributed by atoms with Crippen molar-refractivity contribution in [3.05, 3.63) is 24.5 Å². The number of amides is 2. The SMILES string of the molecule is CN(C(=O)Nc1cccnc1)C1(CC(=O)O)CCCCC1. The fourth-order valence-corrected chi connectivity index (χ4v) is 2.98. The number of pyridine rings is 1. The second-order valence-corrected chi connectivity index (χ2v) is 5.59. The molecule has 6 nitrogen and oxygen atoms in total. The van der Waals surface area contributed by atoms with E-state index in [0.29, 0.717) is 5.69 Å². The summed E-state index contributed by atoms with van der Waals surface area (Å²) >= 11 is 0. The molecule has 0 saturated heterocycles. The topological polar surface area (TPSA) is 82.5 Å². The molecular weight excluding hydrogens is 270 g/mol. The van der Waals surface area contributed by atoms with Crippen LogP contribution in [0.5, 0.6) is 0 Å². The van der Waals surface area contributed by atoms with E-state index in [9.17, 15) is 14.7 Å². The van der Waals surface area contributed by atoms with Crippen molar-refractivity contribution in [1.29, 1.82) is 0 Å². The van der Waals surface area contributed by atoms with Crippen LogP contribution in [0.1, 0.15) is 38.5 Å². The van der Waals surface area contributed by atoms with Gasteiger partial charge in [0.2, 0.25) is 0 Å². The van der Waals surface area contributed by atoms with Crippen molar-refractivity contribution in [2.24, 2.45) is 0 Å². The van der Waals surface area contributed by atoms with Gasteiger partial charge in [0, 0.05) is 13.2 Å². The summed E-state index contributed by atoms with van der Waals surface area (Å²) in [6, 6.07) is 3.21. The first-order valence-electron chi connectivity index (χ1n) is 7.20. The number of urea groups is 1. The van der Waals surface area contributed by atoms with Crippen molar-refractivity contribution >= 4 is 17.7 Å². The Hall–Kier alpha value is -2.11. The Morgan fingerprint density at radius 3 is 2.67 bits per heavy atom. The average molecular weight is 291 g/mol. The summed E-state index contributed by atoms with van der Waals surface area (Å²) in [4.78, 5) is 29.1. The highest BCUT2D eigenvalue weighted by molar-refractivity contribution is 5.89. The number of nitrogens with zero attached hydrogens (tertiary/aromatic N) is 2. The van der Waals surface area contributed by atoms with Crippen LogP contribution in [-0.2, 0) is 4.79 Å². The van der Waals surface area contributed by atoms with E-state index >= 15 is 0 Å². The number of rotatable bonds is 4. The molecule has 6 heteroatoms. The van der Waals surface area contributed by atoms with E-state index in [4.69, 9.17) is 0 Å². The highest BCUT2D eigenvalue weighted by atomic mass is 16.4. The van der Waals surface area contributed by atoms with Gasteiger partial charge in [0.15, 0.2) is 0 Å². The maximum Gasteiger partial charge on any atom is 0.322 e. The van der Waals surface area contributed by atoms with E-state index in [0.717, 1.165) is 32.1 Å². The van der Waals surface area contributed by atoms with Crippen LogP contribution in [0.15, 0.2) is 24.5 Å². The number of aliphatic carboxylic acids is 1. The molecule has 0 aliphatic heterocycles. The molecule has 0 radical (unpaired) electrons. The molecular formula is C15H21N3O3. The molecule has 1 aliphatic rings. The van der Waals surface area contributed by atoms with E-state index in [1.165, 1.54) is 0 Å². The fraction of sp³-hybridized carbons (Fsp3) is 0.533. The summed E-state index contributed by atoms with van der Waals surface area (Å²) in [6.07, 6.45) is 7.66. The predicted molar refractivity (Wildman–Crippen MR) is 79.1 cm³/mol. The first-order valence-corrected chi connectivity index (χ1v) is 7.20. The van der Waals surface area contributed by atoms with Crippen LogP contribution < -0.4 is 5.32 Å². The maximum atomic E-state index is 12.4. The third kappa shape index (κ3) is 3.71. The van der Waals surface area contributed by atoms with Gasteiger partial charge in [-0.2, -0.15) is 0 Å². The molecule has 0 aromatic carbocycles. The number of anilines is 1. The van der Waals surface area contributed by atoms with E-state index in [2.05, 4.69) is 10.3 Å². The largest absolute Gasteiger partial charge is 0.481 e. The van der Waals surface area contributed by atoms with Crippen LogP contribution in [0.2, 0.25) is 0 Å². The van der Waals surface area contributed by atoms with Crippen LogP contribution in [0, 0.1) is 0 Å². The predicted octanol–water partition coefficient (Wildman–Crippen LogP) is 2.72. The Balaban J connectivity index is 2.11. The van der Waals surface area contributed by atoms with Gasteiger partial charge in [-0.25, -0.2) is 4.79 Å². The van der Waals surface area contributed by atoms with Gasteiger partial charge in [-0.1, -0.05) is 19.3 Å². The first kappa shape index (κ1) is 15.3. The van der Waals surface area contributed by atoms with E-state index in [-0.39, 0.29) is 12.5 Å². The van der Waals surface area contributed by atoms with Crippen molar-refractivity contribution < 1.29 is 14.7 Å². The monoisotopic (exact) mass is 291 g/mol. The van der Waals surface area contributed by atoms with E-state index in [1.54, 1.807) is 36.5 Å². The molecule has 0 bridgehead atoms. The minimum absolute atomic E-state index is 0.00996. The number of nitrogens with one attached hydrogen (secondary N) is 1. The van der Waals surface area contributed by atoms with Gasteiger partial charge in [-0.15, -0.1) is 0 Å². The molecule has 0 atom stereocenters. The molecule has 0 spiro atoms. The summed E-state index contributed by atoms with van der Waals surface area (Å²) in [5.74, 6) is -0.863. The molecule has 1 aliphatic carbocycles. The van der Waals surface area contributed by atoms with Crippen LogP contribution in [-0.4, -0.2) is 39.6 Å². The zero-order valence-corrected chi connectivity index (χ0v) is 12.2. The van der Waals surface area contributed by atoms with Crippen LogP contribution >= 0.6 is 0 Å². The molecule has 2 N–H and O–H groups in total. The molecule has 0 unspecified atom stereocenters. The fourth-order valence-electron chi connectivity index (χ4n) is 2.98. The van der Waals surface area contributed by atoms with Gasteiger partial charge in [-0.05, 0) is 25.0 Å². The molecule has 21 heavy (non-hydrogen) atoms. The molecule has 1 aromatic heterocycles. The number of carboxylic acid groups (broad SMARTS) is 1. The average Bonchev–Trinajstić information content (AvgIpc) is 2.47. The number of hydrogen-bond donors (Lipinski definition) is 2. The minimum Gasteiger partial charge on any atom is -0.481 e. The number of carbonyl (C=O) groups is 2. The second kappa shape index (κ2) is 6.56. The molecule has 2 rings (SSSR count). The summed E-state index contributed by atoms with van der Waals surface area (Å²) in [7, 11) is 1.68. The van der Waals surface area contributed by atoms with Crippen LogP contribution in [0.3, 0.4) is 0 Å². The van der Waals surface area contributed by atoms with Gasteiger partial charge in [0.1, 0.15) is 0 Å². The van der Waals surface area contributed by atoms with Crippen molar-refractivity contribution in [2.45, 2.75) is 44.1 Å². The number of carboxylic acids is 1. The summed E-state index contributed by atoms with van der Waals surface area (Å²) in [5, 5.41) is 12.0. The molecule has 1 fully saturated rings. The van der Waals surface area contributed by atoms with Crippen LogP contribution in [0.4, 0.5) is 10.5 Å². The smallest absolute Gasteiger partial charge is 0.322 e. The number of hydrogen-bond acceptors (Lipinski definition) is 3. The van der Waals surface area contributed by atoms with Gasteiger partial charge >= 0.3 is 12.0 Å². The summed E-state index contributed by atoms with van der Waals surface area (Å²) in [5.41, 5.74) is 0.0201. The Labute approximate surface area is 124 Å². The third-order valence-electron chi connectivity index (χ3n) is 4.19. The highest BCUT2D eigenvalue weighted by Crippen LogP contribution is 2.36. The Bertz CT molecular complexity index is 498. The minimum atomic E-state index is -0.863. The molecule has 114 valence electrons. The van der Waals surface area contributed by atoms with E-state index in [1.807, 2.05) is 0 Å². The van der Waals surface area contributed by atoms with Crippen molar-refractivity contribution in [3.63, 3.8) is 0 Å². The number of aromatic nitrogens is 1. The summed E-state index contributed by atoms with van der Waals surface area (Å²) in [6.45, 7) is 0. The van der Waals surface area contributed by atoms with Gasteiger partial charge in [0.05, 0.1) is 23.8 Å².